The molecule has 2 unspecified atom stereocenters. The zero-order valence-electron chi connectivity index (χ0n) is 12.9. The number of anilines is 2. The van der Waals surface area contributed by atoms with Crippen molar-refractivity contribution >= 4 is 17.1 Å². The van der Waals surface area contributed by atoms with Gasteiger partial charge >= 0.3 is 5.69 Å². The number of para-hydroxylation sites is 1. The minimum Gasteiger partial charge on any atom is -0.380 e. The molecule has 5 heteroatoms. The van der Waals surface area contributed by atoms with Crippen LogP contribution in [0.5, 0.6) is 0 Å². The number of hydrogen-bond acceptors (Lipinski definition) is 4. The van der Waals surface area contributed by atoms with Gasteiger partial charge in [0.25, 0.3) is 0 Å². The third-order valence-corrected chi connectivity index (χ3v) is 4.21. The average Bonchev–Trinajstić information content (AvgIpc) is 2.45. The van der Waals surface area contributed by atoms with E-state index < -0.39 is 0 Å². The van der Waals surface area contributed by atoms with Gasteiger partial charge in [0.15, 0.2) is 0 Å². The number of rotatable bonds is 6. The summed E-state index contributed by atoms with van der Waals surface area (Å²) < 4.78 is 0. The van der Waals surface area contributed by atoms with Gasteiger partial charge in [-0.1, -0.05) is 25.8 Å². The van der Waals surface area contributed by atoms with Crippen LogP contribution in [0.4, 0.5) is 17.1 Å². The van der Waals surface area contributed by atoms with Crippen LogP contribution >= 0.6 is 0 Å². The summed E-state index contributed by atoms with van der Waals surface area (Å²) in [6.07, 6.45) is 5.02. The van der Waals surface area contributed by atoms with E-state index in [9.17, 15) is 10.1 Å². The number of nitro groups is 1. The molecule has 1 aliphatic carbocycles. The van der Waals surface area contributed by atoms with Gasteiger partial charge in [-0.15, -0.1) is 0 Å². The lowest BCUT2D eigenvalue weighted by Crippen LogP contribution is -2.21. The number of nitrogens with zero attached hydrogens (tertiary/aromatic N) is 1. The number of benzene rings is 1. The van der Waals surface area contributed by atoms with Crippen molar-refractivity contribution in [1.29, 1.82) is 0 Å². The van der Waals surface area contributed by atoms with Gasteiger partial charge in [-0.05, 0) is 43.7 Å². The molecule has 1 aromatic rings. The first-order chi connectivity index (χ1) is 10.1. The van der Waals surface area contributed by atoms with Gasteiger partial charge in [0.1, 0.15) is 11.4 Å². The Morgan fingerprint density at radius 2 is 2.00 bits per heavy atom. The molecule has 1 aliphatic rings. The number of nitrogens with one attached hydrogen (secondary N) is 2. The van der Waals surface area contributed by atoms with Crippen LogP contribution < -0.4 is 10.6 Å². The Labute approximate surface area is 126 Å². The molecule has 0 heterocycles. The highest BCUT2D eigenvalue weighted by atomic mass is 16.6. The second-order valence-corrected chi connectivity index (χ2v) is 6.01. The van der Waals surface area contributed by atoms with E-state index in [0.29, 0.717) is 23.8 Å². The highest BCUT2D eigenvalue weighted by Crippen LogP contribution is 2.34. The monoisotopic (exact) mass is 291 g/mol. The average molecular weight is 291 g/mol. The molecular formula is C16H25N3O2. The summed E-state index contributed by atoms with van der Waals surface area (Å²) in [4.78, 5) is 11.0. The third kappa shape index (κ3) is 4.09. The molecule has 0 bridgehead atoms. The van der Waals surface area contributed by atoms with Crippen molar-refractivity contribution < 1.29 is 4.92 Å². The van der Waals surface area contributed by atoms with Crippen molar-refractivity contribution in [2.45, 2.75) is 39.5 Å². The van der Waals surface area contributed by atoms with Crippen molar-refractivity contribution in [2.24, 2.45) is 11.8 Å². The maximum Gasteiger partial charge on any atom is 0.315 e. The summed E-state index contributed by atoms with van der Waals surface area (Å²) in [7, 11) is 0. The Morgan fingerprint density at radius 1 is 1.29 bits per heavy atom. The molecule has 116 valence electrons. The molecular weight excluding hydrogens is 266 g/mol. The largest absolute Gasteiger partial charge is 0.380 e. The summed E-state index contributed by atoms with van der Waals surface area (Å²) in [5.41, 5.74) is 1.37. The molecule has 0 amide bonds. The fourth-order valence-corrected chi connectivity index (χ4v) is 3.22. The van der Waals surface area contributed by atoms with Crippen molar-refractivity contribution in [2.75, 3.05) is 23.7 Å². The lowest BCUT2D eigenvalue weighted by Gasteiger charge is -2.27. The highest BCUT2D eigenvalue weighted by Gasteiger charge is 2.22. The van der Waals surface area contributed by atoms with Gasteiger partial charge < -0.3 is 10.6 Å². The third-order valence-electron chi connectivity index (χ3n) is 4.21. The molecule has 0 aliphatic heterocycles. The fraction of sp³-hybridized carbons (Fsp3) is 0.625. The lowest BCUT2D eigenvalue weighted by atomic mass is 9.82. The van der Waals surface area contributed by atoms with E-state index in [0.717, 1.165) is 12.5 Å². The van der Waals surface area contributed by atoms with Crippen molar-refractivity contribution in [3.8, 4) is 0 Å². The Kier molecular flexibility index (Phi) is 5.42. The van der Waals surface area contributed by atoms with E-state index >= 15 is 0 Å². The zero-order valence-corrected chi connectivity index (χ0v) is 12.9. The Morgan fingerprint density at radius 3 is 2.62 bits per heavy atom. The van der Waals surface area contributed by atoms with Gasteiger partial charge in [-0.25, -0.2) is 0 Å². The van der Waals surface area contributed by atoms with Crippen molar-refractivity contribution in [3.63, 3.8) is 0 Å². The van der Waals surface area contributed by atoms with Crippen LogP contribution in [0.2, 0.25) is 0 Å². The van der Waals surface area contributed by atoms with E-state index in [4.69, 9.17) is 0 Å². The van der Waals surface area contributed by atoms with Gasteiger partial charge in [0, 0.05) is 13.1 Å². The molecule has 1 fully saturated rings. The summed E-state index contributed by atoms with van der Waals surface area (Å²) in [5.74, 6) is 1.39. The summed E-state index contributed by atoms with van der Waals surface area (Å²) in [6.45, 7) is 5.72. The van der Waals surface area contributed by atoms with E-state index in [1.54, 1.807) is 12.1 Å². The molecule has 2 N–H and O–H groups in total. The normalized spacial score (nSPS) is 21.8. The molecule has 21 heavy (non-hydrogen) atoms. The van der Waals surface area contributed by atoms with Crippen LogP contribution in [-0.2, 0) is 0 Å². The second kappa shape index (κ2) is 7.29. The standard InChI is InChI=1S/C16H25N3O2/c1-3-17-14-8-5-9-15(16(14)19(20)21)18-11-13-7-4-6-12(2)10-13/h5,8-9,12-13,17-18H,3-4,6-7,10-11H2,1-2H3. The topological polar surface area (TPSA) is 67.2 Å². The molecule has 1 saturated carbocycles. The second-order valence-electron chi connectivity index (χ2n) is 6.01. The Hall–Kier alpha value is -1.78. The molecule has 0 saturated heterocycles. The molecule has 2 atom stereocenters. The van der Waals surface area contributed by atoms with Gasteiger partial charge in [0.05, 0.1) is 4.92 Å². The lowest BCUT2D eigenvalue weighted by molar-refractivity contribution is -0.383. The van der Waals surface area contributed by atoms with Crippen LogP contribution in [0.25, 0.3) is 0 Å². The highest BCUT2D eigenvalue weighted by molar-refractivity contribution is 5.76. The van der Waals surface area contributed by atoms with E-state index in [-0.39, 0.29) is 10.6 Å². The maximum atomic E-state index is 11.3. The maximum absolute atomic E-state index is 11.3. The first kappa shape index (κ1) is 15.6. The first-order valence-corrected chi connectivity index (χ1v) is 7.87. The van der Waals surface area contributed by atoms with Crippen LogP contribution in [0.3, 0.4) is 0 Å². The minimum absolute atomic E-state index is 0.156. The van der Waals surface area contributed by atoms with Crippen molar-refractivity contribution in [3.05, 3.63) is 28.3 Å². The van der Waals surface area contributed by atoms with E-state index in [2.05, 4.69) is 17.6 Å². The summed E-state index contributed by atoms with van der Waals surface area (Å²) in [5, 5.41) is 17.7. The summed E-state index contributed by atoms with van der Waals surface area (Å²) >= 11 is 0. The smallest absolute Gasteiger partial charge is 0.315 e. The fourth-order valence-electron chi connectivity index (χ4n) is 3.22. The van der Waals surface area contributed by atoms with Crippen molar-refractivity contribution in [1.82, 2.24) is 0 Å². The molecule has 5 nitrogen and oxygen atoms in total. The minimum atomic E-state index is -0.302. The quantitative estimate of drug-likeness (QED) is 0.607. The number of hydrogen-bond donors (Lipinski definition) is 2. The van der Waals surface area contributed by atoms with Crippen LogP contribution in [-0.4, -0.2) is 18.0 Å². The van der Waals surface area contributed by atoms with Gasteiger partial charge in [-0.3, -0.25) is 10.1 Å². The Bertz CT molecular complexity index is 490. The van der Waals surface area contributed by atoms with E-state index in [1.165, 1.54) is 25.7 Å². The Balaban J connectivity index is 2.08. The molecule has 0 aromatic heterocycles. The number of nitro benzene ring substituents is 1. The SMILES string of the molecule is CCNc1cccc(NCC2CCCC(C)C2)c1[N+](=O)[O-]. The van der Waals surface area contributed by atoms with Crippen LogP contribution in [0, 0.1) is 22.0 Å². The predicted molar refractivity (Wildman–Crippen MR) is 86.9 cm³/mol. The predicted octanol–water partition coefficient (Wildman–Crippen LogP) is 4.26. The van der Waals surface area contributed by atoms with E-state index in [1.807, 2.05) is 13.0 Å². The molecule has 0 spiro atoms. The summed E-state index contributed by atoms with van der Waals surface area (Å²) in [6, 6.07) is 5.41. The van der Waals surface area contributed by atoms with Crippen LogP contribution in [0.1, 0.15) is 39.5 Å². The zero-order chi connectivity index (χ0) is 15.2. The van der Waals surface area contributed by atoms with Gasteiger partial charge in [-0.2, -0.15) is 0 Å². The van der Waals surface area contributed by atoms with Gasteiger partial charge in [0.2, 0.25) is 0 Å². The molecule has 0 radical (unpaired) electrons. The first-order valence-electron chi connectivity index (χ1n) is 7.87. The molecule has 1 aromatic carbocycles. The van der Waals surface area contributed by atoms with Crippen LogP contribution in [0.15, 0.2) is 18.2 Å². The molecule has 2 rings (SSSR count).